The van der Waals surface area contributed by atoms with E-state index in [0.717, 1.165) is 6.92 Å². The molecule has 0 heterocycles. The van der Waals surface area contributed by atoms with Crippen molar-refractivity contribution in [3.8, 4) is 5.75 Å². The number of esters is 2. The molecule has 1 aromatic rings. The second-order valence-electron chi connectivity index (χ2n) is 3.50. The van der Waals surface area contributed by atoms with Crippen molar-refractivity contribution < 1.29 is 24.2 Å². The monoisotopic (exact) mass is 238 g/mol. The first-order valence-electron chi connectivity index (χ1n) is 5.15. The normalized spacial score (nSPS) is 13.6. The zero-order chi connectivity index (χ0) is 12.9. The van der Waals surface area contributed by atoms with Gasteiger partial charge in [0, 0.05) is 0 Å². The minimum absolute atomic E-state index is 0.0770. The summed E-state index contributed by atoms with van der Waals surface area (Å²) in [5, 5.41) is 9.69. The number of aliphatic hydroxyl groups is 1. The minimum atomic E-state index is -2.30. The second kappa shape index (κ2) is 5.45. The van der Waals surface area contributed by atoms with Gasteiger partial charge in [-0.05, 0) is 26.0 Å². The first kappa shape index (κ1) is 13.2. The van der Waals surface area contributed by atoms with Gasteiger partial charge in [-0.25, -0.2) is 9.59 Å². The zero-order valence-electron chi connectivity index (χ0n) is 9.67. The molecule has 0 fully saturated rings. The van der Waals surface area contributed by atoms with E-state index in [4.69, 9.17) is 4.74 Å². The molecule has 0 saturated heterocycles. The largest absolute Gasteiger partial charge is 0.463 e. The van der Waals surface area contributed by atoms with E-state index in [1.165, 1.54) is 0 Å². The van der Waals surface area contributed by atoms with Crippen LogP contribution in [-0.2, 0) is 14.3 Å². The maximum atomic E-state index is 11.6. The number of carbonyl (C=O) groups excluding carboxylic acids is 2. The average molecular weight is 238 g/mol. The van der Waals surface area contributed by atoms with Crippen LogP contribution in [0.25, 0.3) is 0 Å². The van der Waals surface area contributed by atoms with E-state index in [0.29, 0.717) is 0 Å². The molecule has 5 nitrogen and oxygen atoms in total. The number of hydrogen-bond acceptors (Lipinski definition) is 5. The third-order valence-corrected chi connectivity index (χ3v) is 2.02. The van der Waals surface area contributed by atoms with Crippen molar-refractivity contribution >= 4 is 11.9 Å². The molecule has 1 aromatic carbocycles. The van der Waals surface area contributed by atoms with Crippen molar-refractivity contribution in [2.24, 2.45) is 0 Å². The van der Waals surface area contributed by atoms with Crippen LogP contribution >= 0.6 is 0 Å². The van der Waals surface area contributed by atoms with Crippen LogP contribution in [0.3, 0.4) is 0 Å². The van der Waals surface area contributed by atoms with E-state index < -0.39 is 17.5 Å². The molecule has 0 amide bonds. The topological polar surface area (TPSA) is 72.8 Å². The highest BCUT2D eigenvalue weighted by atomic mass is 16.6. The molecule has 5 heteroatoms. The van der Waals surface area contributed by atoms with Gasteiger partial charge in [0.15, 0.2) is 0 Å². The lowest BCUT2D eigenvalue weighted by molar-refractivity contribution is -0.175. The smallest absolute Gasteiger partial charge is 0.355 e. The molecule has 0 aliphatic rings. The Labute approximate surface area is 99.0 Å². The first-order chi connectivity index (χ1) is 7.98. The number of hydrogen-bond donors (Lipinski definition) is 1. The Hall–Kier alpha value is -1.88. The molecule has 0 saturated carbocycles. The molecule has 0 bridgehead atoms. The third kappa shape index (κ3) is 3.29. The molecule has 1 atom stereocenters. The highest BCUT2D eigenvalue weighted by Gasteiger charge is 2.42. The van der Waals surface area contributed by atoms with Gasteiger partial charge >= 0.3 is 11.9 Å². The number of rotatable bonds is 4. The molecular formula is C12H14O5. The van der Waals surface area contributed by atoms with Crippen molar-refractivity contribution in [2.45, 2.75) is 19.4 Å². The SMILES string of the molecule is CCOC(=O)[C@](C)(O)C(=O)Oc1ccccc1. The molecule has 0 spiro atoms. The van der Waals surface area contributed by atoms with Gasteiger partial charge in [0.25, 0.3) is 5.60 Å². The molecule has 0 aliphatic carbocycles. The summed E-state index contributed by atoms with van der Waals surface area (Å²) in [5.74, 6) is -1.84. The molecule has 0 aliphatic heterocycles. The number of para-hydroxylation sites is 1. The predicted octanol–water partition coefficient (Wildman–Crippen LogP) is 0.906. The molecule has 0 aromatic heterocycles. The van der Waals surface area contributed by atoms with Crippen LogP contribution in [0.1, 0.15) is 13.8 Å². The molecule has 0 unspecified atom stereocenters. The quantitative estimate of drug-likeness (QED) is 0.479. The van der Waals surface area contributed by atoms with E-state index in [-0.39, 0.29) is 12.4 Å². The standard InChI is InChI=1S/C12H14O5/c1-3-16-10(13)12(2,15)11(14)17-9-7-5-4-6-8-9/h4-8,15H,3H2,1-2H3/t12-/m0/s1. The fraction of sp³-hybridized carbons (Fsp3) is 0.333. The van der Waals surface area contributed by atoms with Crippen LogP contribution in [0.15, 0.2) is 30.3 Å². The van der Waals surface area contributed by atoms with Crippen LogP contribution in [0.5, 0.6) is 5.75 Å². The van der Waals surface area contributed by atoms with E-state index in [1.807, 2.05) is 0 Å². The van der Waals surface area contributed by atoms with Crippen molar-refractivity contribution in [1.29, 1.82) is 0 Å². The highest BCUT2D eigenvalue weighted by molar-refractivity contribution is 6.03. The molecule has 1 N–H and O–H groups in total. The van der Waals surface area contributed by atoms with E-state index in [9.17, 15) is 14.7 Å². The van der Waals surface area contributed by atoms with Gasteiger partial charge in [0.2, 0.25) is 0 Å². The average Bonchev–Trinajstić information content (AvgIpc) is 2.30. The molecular weight excluding hydrogens is 224 g/mol. The van der Waals surface area contributed by atoms with Crippen LogP contribution in [0.4, 0.5) is 0 Å². The Kier molecular flexibility index (Phi) is 4.23. The lowest BCUT2D eigenvalue weighted by Gasteiger charge is -2.18. The van der Waals surface area contributed by atoms with Gasteiger partial charge in [0.05, 0.1) is 6.61 Å². The van der Waals surface area contributed by atoms with E-state index in [1.54, 1.807) is 37.3 Å². The number of benzene rings is 1. The van der Waals surface area contributed by atoms with Crippen molar-refractivity contribution in [3.63, 3.8) is 0 Å². The zero-order valence-corrected chi connectivity index (χ0v) is 9.67. The first-order valence-corrected chi connectivity index (χ1v) is 5.15. The Morgan fingerprint density at radius 1 is 1.24 bits per heavy atom. The maximum Gasteiger partial charge on any atom is 0.355 e. The number of carbonyl (C=O) groups is 2. The summed E-state index contributed by atoms with van der Waals surface area (Å²) in [6.45, 7) is 2.69. The van der Waals surface area contributed by atoms with Gasteiger partial charge in [-0.2, -0.15) is 0 Å². The van der Waals surface area contributed by atoms with Gasteiger partial charge in [-0.15, -0.1) is 0 Å². The van der Waals surface area contributed by atoms with Crippen LogP contribution in [-0.4, -0.2) is 29.3 Å². The lowest BCUT2D eigenvalue weighted by atomic mass is 10.1. The Bertz CT molecular complexity index is 397. The van der Waals surface area contributed by atoms with Crippen LogP contribution < -0.4 is 4.74 Å². The van der Waals surface area contributed by atoms with Gasteiger partial charge in [-0.1, -0.05) is 18.2 Å². The van der Waals surface area contributed by atoms with Gasteiger partial charge in [0.1, 0.15) is 5.75 Å². The van der Waals surface area contributed by atoms with Gasteiger partial charge < -0.3 is 14.6 Å². The van der Waals surface area contributed by atoms with Crippen molar-refractivity contribution in [2.75, 3.05) is 6.61 Å². The molecule has 0 radical (unpaired) electrons. The molecule has 1 rings (SSSR count). The maximum absolute atomic E-state index is 11.6. The van der Waals surface area contributed by atoms with Crippen molar-refractivity contribution in [3.05, 3.63) is 30.3 Å². The van der Waals surface area contributed by atoms with Gasteiger partial charge in [-0.3, -0.25) is 0 Å². The highest BCUT2D eigenvalue weighted by Crippen LogP contribution is 2.14. The lowest BCUT2D eigenvalue weighted by Crippen LogP contribution is -2.47. The predicted molar refractivity (Wildman–Crippen MR) is 59.3 cm³/mol. The summed E-state index contributed by atoms with van der Waals surface area (Å²) in [6, 6.07) is 8.17. The summed E-state index contributed by atoms with van der Waals surface area (Å²) in [6.07, 6.45) is 0. The fourth-order valence-corrected chi connectivity index (χ4v) is 1.05. The van der Waals surface area contributed by atoms with E-state index >= 15 is 0 Å². The van der Waals surface area contributed by atoms with Crippen molar-refractivity contribution in [1.82, 2.24) is 0 Å². The summed E-state index contributed by atoms with van der Waals surface area (Å²) in [7, 11) is 0. The fourth-order valence-electron chi connectivity index (χ4n) is 1.05. The van der Waals surface area contributed by atoms with Crippen LogP contribution in [0, 0.1) is 0 Å². The van der Waals surface area contributed by atoms with Crippen LogP contribution in [0.2, 0.25) is 0 Å². The Morgan fingerprint density at radius 2 is 1.82 bits per heavy atom. The summed E-state index contributed by atoms with van der Waals surface area (Å²) >= 11 is 0. The minimum Gasteiger partial charge on any atom is -0.463 e. The Morgan fingerprint density at radius 3 is 2.35 bits per heavy atom. The third-order valence-electron chi connectivity index (χ3n) is 2.02. The molecule has 17 heavy (non-hydrogen) atoms. The summed E-state index contributed by atoms with van der Waals surface area (Å²) in [5.41, 5.74) is -2.30. The summed E-state index contributed by atoms with van der Waals surface area (Å²) < 4.78 is 9.43. The Balaban J connectivity index is 2.73. The molecule has 92 valence electrons. The number of ether oxygens (including phenoxy) is 2. The van der Waals surface area contributed by atoms with E-state index in [2.05, 4.69) is 4.74 Å². The summed E-state index contributed by atoms with van der Waals surface area (Å²) in [4.78, 5) is 22.9. The second-order valence-corrected chi connectivity index (χ2v) is 3.50.